The Morgan fingerprint density at radius 1 is 1.17 bits per heavy atom. The van der Waals surface area contributed by atoms with Crippen molar-refractivity contribution in [2.45, 2.75) is 46.0 Å². The van der Waals surface area contributed by atoms with Crippen molar-refractivity contribution >= 4 is 5.97 Å². The zero-order valence-corrected chi connectivity index (χ0v) is 11.8. The van der Waals surface area contributed by atoms with Crippen molar-refractivity contribution in [1.82, 2.24) is 0 Å². The molecule has 0 heterocycles. The molecular formula is C16H22O2. The lowest BCUT2D eigenvalue weighted by Crippen LogP contribution is -2.10. The molecule has 0 aliphatic heterocycles. The second-order valence-corrected chi connectivity index (χ2v) is 6.99. The van der Waals surface area contributed by atoms with Crippen molar-refractivity contribution in [3.63, 3.8) is 0 Å². The Morgan fingerprint density at radius 3 is 2.00 bits per heavy atom. The van der Waals surface area contributed by atoms with Crippen LogP contribution in [0.25, 0.3) is 0 Å². The average Bonchev–Trinajstić information content (AvgIpc) is 2.80. The highest BCUT2D eigenvalue weighted by Crippen LogP contribution is 2.64. The summed E-state index contributed by atoms with van der Waals surface area (Å²) >= 11 is 0. The average molecular weight is 246 g/mol. The third kappa shape index (κ3) is 2.05. The molecule has 1 saturated carbocycles. The van der Waals surface area contributed by atoms with E-state index in [1.54, 1.807) is 0 Å². The van der Waals surface area contributed by atoms with Gasteiger partial charge in [-0.3, -0.25) is 4.79 Å². The van der Waals surface area contributed by atoms with Gasteiger partial charge in [0.2, 0.25) is 0 Å². The molecule has 0 amide bonds. The van der Waals surface area contributed by atoms with Gasteiger partial charge in [0.05, 0.1) is 5.92 Å². The first kappa shape index (κ1) is 13.1. The maximum absolute atomic E-state index is 11.2. The van der Waals surface area contributed by atoms with E-state index in [9.17, 15) is 9.90 Å². The number of carboxylic acids is 1. The number of carboxylic acid groups (broad SMARTS) is 1. The fourth-order valence-corrected chi connectivity index (χ4v) is 2.91. The van der Waals surface area contributed by atoms with Gasteiger partial charge < -0.3 is 5.11 Å². The maximum atomic E-state index is 11.2. The number of benzene rings is 1. The predicted molar refractivity (Wildman–Crippen MR) is 72.8 cm³/mol. The van der Waals surface area contributed by atoms with Crippen molar-refractivity contribution in [2.24, 2.45) is 11.3 Å². The summed E-state index contributed by atoms with van der Waals surface area (Å²) < 4.78 is 0. The Bertz CT molecular complexity index is 463. The van der Waals surface area contributed by atoms with E-state index in [2.05, 4.69) is 45.0 Å². The fraction of sp³-hybridized carbons (Fsp3) is 0.562. The van der Waals surface area contributed by atoms with Crippen LogP contribution >= 0.6 is 0 Å². The molecule has 2 rings (SSSR count). The number of aliphatic carboxylic acids is 1. The summed E-state index contributed by atoms with van der Waals surface area (Å²) in [6.45, 7) is 10.6. The summed E-state index contributed by atoms with van der Waals surface area (Å²) in [6.07, 6.45) is 0. The zero-order chi connectivity index (χ0) is 13.7. The molecule has 18 heavy (non-hydrogen) atoms. The monoisotopic (exact) mass is 246 g/mol. The van der Waals surface area contributed by atoms with Crippen LogP contribution in [0.15, 0.2) is 24.3 Å². The van der Waals surface area contributed by atoms with Crippen LogP contribution in [0.1, 0.15) is 51.7 Å². The minimum atomic E-state index is -0.676. The molecule has 2 nitrogen and oxygen atoms in total. The van der Waals surface area contributed by atoms with Crippen LogP contribution in [0, 0.1) is 11.3 Å². The van der Waals surface area contributed by atoms with Crippen LogP contribution in [-0.2, 0) is 10.2 Å². The van der Waals surface area contributed by atoms with E-state index in [1.165, 1.54) is 5.56 Å². The summed E-state index contributed by atoms with van der Waals surface area (Å²) in [4.78, 5) is 11.2. The predicted octanol–water partition coefficient (Wildman–Crippen LogP) is 3.81. The van der Waals surface area contributed by atoms with Crippen LogP contribution in [0.5, 0.6) is 0 Å². The molecule has 2 atom stereocenters. The highest BCUT2D eigenvalue weighted by atomic mass is 16.4. The second-order valence-electron chi connectivity index (χ2n) is 6.99. The number of rotatable bonds is 2. The summed E-state index contributed by atoms with van der Waals surface area (Å²) in [5.74, 6) is -0.757. The zero-order valence-electron chi connectivity index (χ0n) is 11.8. The minimum absolute atomic E-state index is 0.116. The molecule has 0 radical (unpaired) electrons. The van der Waals surface area contributed by atoms with Crippen molar-refractivity contribution in [2.75, 3.05) is 0 Å². The topological polar surface area (TPSA) is 37.3 Å². The summed E-state index contributed by atoms with van der Waals surface area (Å²) in [6, 6.07) is 8.44. The molecule has 1 N–H and O–H groups in total. The molecule has 1 aliphatic carbocycles. The van der Waals surface area contributed by atoms with E-state index in [-0.39, 0.29) is 22.7 Å². The molecule has 98 valence electrons. The highest BCUT2D eigenvalue weighted by molar-refractivity contribution is 5.77. The van der Waals surface area contributed by atoms with E-state index in [4.69, 9.17) is 0 Å². The van der Waals surface area contributed by atoms with Gasteiger partial charge in [-0.2, -0.15) is 0 Å². The largest absolute Gasteiger partial charge is 0.481 e. The Balaban J connectivity index is 2.25. The second kappa shape index (κ2) is 3.84. The number of hydrogen-bond acceptors (Lipinski definition) is 1. The first-order valence-corrected chi connectivity index (χ1v) is 6.49. The molecule has 0 bridgehead atoms. The molecule has 0 aromatic heterocycles. The molecular weight excluding hydrogens is 224 g/mol. The molecule has 1 aromatic carbocycles. The maximum Gasteiger partial charge on any atom is 0.307 e. The molecule has 1 fully saturated rings. The quantitative estimate of drug-likeness (QED) is 0.861. The van der Waals surface area contributed by atoms with Crippen LogP contribution in [0.2, 0.25) is 0 Å². The Kier molecular flexibility index (Phi) is 2.80. The van der Waals surface area contributed by atoms with E-state index in [0.717, 1.165) is 5.56 Å². The molecule has 2 heteroatoms. The third-order valence-electron chi connectivity index (χ3n) is 4.23. The van der Waals surface area contributed by atoms with Gasteiger partial charge in [-0.25, -0.2) is 0 Å². The Hall–Kier alpha value is -1.31. The van der Waals surface area contributed by atoms with Crippen molar-refractivity contribution < 1.29 is 9.90 Å². The van der Waals surface area contributed by atoms with E-state index in [1.807, 2.05) is 13.8 Å². The van der Waals surface area contributed by atoms with Crippen molar-refractivity contribution in [3.8, 4) is 0 Å². The lowest BCUT2D eigenvalue weighted by molar-refractivity contribution is -0.139. The van der Waals surface area contributed by atoms with Crippen LogP contribution in [-0.4, -0.2) is 11.1 Å². The standard InChI is InChI=1S/C16H22O2/c1-15(2,3)11-8-6-10(7-9-11)12-13(14(17)18)16(12,4)5/h6-9,12-13H,1-5H3,(H,17,18). The smallest absolute Gasteiger partial charge is 0.307 e. The van der Waals surface area contributed by atoms with Gasteiger partial charge in [0, 0.05) is 5.92 Å². The fourth-order valence-electron chi connectivity index (χ4n) is 2.91. The first-order chi connectivity index (χ1) is 8.15. The van der Waals surface area contributed by atoms with Gasteiger partial charge in [-0.15, -0.1) is 0 Å². The normalized spacial score (nSPS) is 25.8. The molecule has 1 aromatic rings. The van der Waals surface area contributed by atoms with Gasteiger partial charge in [0.15, 0.2) is 0 Å². The van der Waals surface area contributed by atoms with Gasteiger partial charge in [-0.1, -0.05) is 58.9 Å². The van der Waals surface area contributed by atoms with Crippen molar-refractivity contribution in [1.29, 1.82) is 0 Å². The molecule has 0 spiro atoms. The lowest BCUT2D eigenvalue weighted by atomic mass is 9.86. The van der Waals surface area contributed by atoms with E-state index < -0.39 is 5.97 Å². The first-order valence-electron chi connectivity index (χ1n) is 6.49. The van der Waals surface area contributed by atoms with Crippen LogP contribution < -0.4 is 0 Å². The summed E-state index contributed by atoms with van der Waals surface area (Å²) in [5.41, 5.74) is 2.47. The van der Waals surface area contributed by atoms with E-state index in [0.29, 0.717) is 0 Å². The third-order valence-corrected chi connectivity index (χ3v) is 4.23. The van der Waals surface area contributed by atoms with Gasteiger partial charge in [-0.05, 0) is 22.0 Å². The molecule has 1 aliphatic rings. The molecule has 2 unspecified atom stereocenters. The van der Waals surface area contributed by atoms with Crippen LogP contribution in [0.4, 0.5) is 0 Å². The number of hydrogen-bond donors (Lipinski definition) is 1. The van der Waals surface area contributed by atoms with Crippen LogP contribution in [0.3, 0.4) is 0 Å². The number of carbonyl (C=O) groups is 1. The van der Waals surface area contributed by atoms with Gasteiger partial charge in [0.1, 0.15) is 0 Å². The Morgan fingerprint density at radius 2 is 1.67 bits per heavy atom. The minimum Gasteiger partial charge on any atom is -0.481 e. The lowest BCUT2D eigenvalue weighted by Gasteiger charge is -2.19. The summed E-state index contributed by atoms with van der Waals surface area (Å²) in [7, 11) is 0. The summed E-state index contributed by atoms with van der Waals surface area (Å²) in [5, 5.41) is 9.20. The Labute approximate surface area is 109 Å². The van der Waals surface area contributed by atoms with Gasteiger partial charge in [0.25, 0.3) is 0 Å². The van der Waals surface area contributed by atoms with E-state index >= 15 is 0 Å². The van der Waals surface area contributed by atoms with Crippen molar-refractivity contribution in [3.05, 3.63) is 35.4 Å². The SMILES string of the molecule is CC(C)(C)c1ccc(C2C(C(=O)O)C2(C)C)cc1. The van der Waals surface area contributed by atoms with Gasteiger partial charge >= 0.3 is 5.97 Å². The molecule has 0 saturated heterocycles. The highest BCUT2D eigenvalue weighted by Gasteiger charge is 2.62.